The third-order valence-electron chi connectivity index (χ3n) is 4.12. The molecule has 0 unspecified atom stereocenters. The molecular formula is C23H25Cl2N3Zr. The third kappa shape index (κ3) is 8.90. The molecule has 0 aliphatic heterocycles. The first-order valence-corrected chi connectivity index (χ1v) is 15.7. The zero-order valence-corrected chi connectivity index (χ0v) is 21.2. The number of halogens is 2. The summed E-state index contributed by atoms with van der Waals surface area (Å²) in [6.07, 6.45) is 0. The minimum atomic E-state index is -0.826. The van der Waals surface area contributed by atoms with Gasteiger partial charge in [-0.05, 0) is 39.8 Å². The van der Waals surface area contributed by atoms with Crippen LogP contribution in [0, 0.1) is 27.7 Å². The maximum atomic E-state index is 4.93. The van der Waals surface area contributed by atoms with Crippen LogP contribution in [0.5, 0.6) is 0 Å². The van der Waals surface area contributed by atoms with Gasteiger partial charge in [-0.3, -0.25) is 4.98 Å². The van der Waals surface area contributed by atoms with E-state index in [0.29, 0.717) is 13.1 Å². The molecule has 150 valence electrons. The van der Waals surface area contributed by atoms with Gasteiger partial charge in [-0.1, -0.05) is 77.8 Å². The normalized spacial score (nSPS) is 9.86. The molecule has 3 rings (SSSR count). The molecule has 0 N–H and O–H groups in total. The van der Waals surface area contributed by atoms with Crippen LogP contribution in [0.4, 0.5) is 11.4 Å². The van der Waals surface area contributed by atoms with Crippen molar-refractivity contribution in [2.45, 2.75) is 40.8 Å². The van der Waals surface area contributed by atoms with Gasteiger partial charge in [-0.25, -0.2) is 0 Å². The van der Waals surface area contributed by atoms with Crippen molar-refractivity contribution in [3.05, 3.63) is 98.9 Å². The summed E-state index contributed by atoms with van der Waals surface area (Å²) in [6, 6.07) is 18.8. The Kier molecular flexibility index (Phi) is 10.2. The molecule has 3 nitrogen and oxygen atoms in total. The van der Waals surface area contributed by atoms with Gasteiger partial charge in [0.2, 0.25) is 0 Å². The summed E-state index contributed by atoms with van der Waals surface area (Å²) in [5, 5.41) is 9.38. The number of pyridine rings is 1. The van der Waals surface area contributed by atoms with E-state index in [1.807, 2.05) is 18.2 Å². The van der Waals surface area contributed by atoms with Crippen LogP contribution in [-0.2, 0) is 33.9 Å². The fraction of sp³-hybridized carbons (Fsp3) is 0.261. The van der Waals surface area contributed by atoms with E-state index in [1.165, 1.54) is 22.3 Å². The predicted octanol–water partition coefficient (Wildman–Crippen LogP) is 8.10. The van der Waals surface area contributed by atoms with Gasteiger partial charge in [-0.15, -0.1) is 11.4 Å². The van der Waals surface area contributed by atoms with E-state index in [-0.39, 0.29) is 0 Å². The Morgan fingerprint density at radius 1 is 0.690 bits per heavy atom. The minimum absolute atomic E-state index is 0.584. The SMILES string of the molecule is Cc1cc(C)cc([N-]Cc2cccc(C[N-]c3cc(C)cc(C)c3)n2)c1.[Cl][Zr+2][Cl]. The second kappa shape index (κ2) is 12.4. The van der Waals surface area contributed by atoms with Crippen molar-refractivity contribution in [1.82, 2.24) is 4.98 Å². The first kappa shape index (κ1) is 23.9. The van der Waals surface area contributed by atoms with Gasteiger partial charge in [-0.2, -0.15) is 0 Å². The standard InChI is InChI=1S/C23H25N3.2ClH.Zr/c1-16-8-17(2)11-22(10-16)24-14-20-6-5-7-21(26-20)15-25-23-12-18(3)9-19(4)13-23;;;/h5-13H,14-15H2,1-4H3;2*1H;/q-2;;;+4/p-2. The summed E-state index contributed by atoms with van der Waals surface area (Å²) in [5.41, 5.74) is 8.89. The molecule has 0 aliphatic rings. The second-order valence-corrected chi connectivity index (χ2v) is 10.7. The Morgan fingerprint density at radius 3 is 1.38 bits per heavy atom. The average Bonchev–Trinajstić information content (AvgIpc) is 2.64. The molecule has 0 radical (unpaired) electrons. The summed E-state index contributed by atoms with van der Waals surface area (Å²) in [6.45, 7) is 9.55. The monoisotopic (exact) mass is 503 g/mol. The predicted molar refractivity (Wildman–Crippen MR) is 121 cm³/mol. The van der Waals surface area contributed by atoms with E-state index in [4.69, 9.17) is 22.0 Å². The van der Waals surface area contributed by atoms with Crippen LogP contribution < -0.4 is 0 Å². The van der Waals surface area contributed by atoms with Crippen LogP contribution in [-0.4, -0.2) is 4.98 Å². The van der Waals surface area contributed by atoms with Gasteiger partial charge in [0, 0.05) is 11.4 Å². The molecule has 0 atom stereocenters. The topological polar surface area (TPSA) is 41.1 Å². The fourth-order valence-electron chi connectivity index (χ4n) is 3.13. The van der Waals surface area contributed by atoms with Crippen LogP contribution in [0.25, 0.3) is 10.6 Å². The van der Waals surface area contributed by atoms with Crippen molar-refractivity contribution in [3.63, 3.8) is 0 Å². The summed E-state index contributed by atoms with van der Waals surface area (Å²) < 4.78 is 0. The van der Waals surface area contributed by atoms with Crippen molar-refractivity contribution in [1.29, 1.82) is 0 Å². The quantitative estimate of drug-likeness (QED) is 0.334. The average molecular weight is 506 g/mol. The van der Waals surface area contributed by atoms with Crippen LogP contribution in [0.3, 0.4) is 0 Å². The number of aromatic nitrogens is 1. The molecule has 0 aliphatic carbocycles. The van der Waals surface area contributed by atoms with Crippen molar-refractivity contribution in [2.75, 3.05) is 0 Å². The van der Waals surface area contributed by atoms with Gasteiger partial charge in [0.15, 0.2) is 0 Å². The molecule has 0 saturated carbocycles. The molecule has 0 amide bonds. The molecule has 0 saturated heterocycles. The molecule has 1 aromatic heterocycles. The summed E-state index contributed by atoms with van der Waals surface area (Å²) in [5.74, 6) is 0. The van der Waals surface area contributed by atoms with Crippen molar-refractivity contribution in [3.8, 4) is 0 Å². The first-order chi connectivity index (χ1) is 13.9. The van der Waals surface area contributed by atoms with Gasteiger partial charge >= 0.3 is 37.9 Å². The molecule has 2 aromatic carbocycles. The van der Waals surface area contributed by atoms with E-state index in [2.05, 4.69) is 74.7 Å². The number of benzene rings is 2. The summed E-state index contributed by atoms with van der Waals surface area (Å²) in [4.78, 5) is 4.71. The van der Waals surface area contributed by atoms with E-state index >= 15 is 0 Å². The Bertz CT molecular complexity index is 820. The van der Waals surface area contributed by atoms with Crippen molar-refractivity contribution in [2.24, 2.45) is 0 Å². The van der Waals surface area contributed by atoms with Crippen LogP contribution >= 0.6 is 17.0 Å². The van der Waals surface area contributed by atoms with Gasteiger partial charge < -0.3 is 10.6 Å². The van der Waals surface area contributed by atoms with Crippen LogP contribution in [0.1, 0.15) is 33.6 Å². The zero-order valence-electron chi connectivity index (χ0n) is 17.2. The number of hydrogen-bond acceptors (Lipinski definition) is 1. The van der Waals surface area contributed by atoms with Gasteiger partial charge in [0.1, 0.15) is 0 Å². The van der Waals surface area contributed by atoms with Crippen molar-refractivity contribution < 1.29 is 20.8 Å². The molecule has 0 bridgehead atoms. The Hall–Kier alpha value is -1.35. The number of rotatable bonds is 6. The maximum absolute atomic E-state index is 4.93. The van der Waals surface area contributed by atoms with E-state index < -0.39 is 20.8 Å². The third-order valence-corrected chi connectivity index (χ3v) is 4.12. The van der Waals surface area contributed by atoms with E-state index in [1.54, 1.807) is 0 Å². The number of nitrogens with zero attached hydrogens (tertiary/aromatic N) is 3. The van der Waals surface area contributed by atoms with Gasteiger partial charge in [0.25, 0.3) is 0 Å². The molecule has 29 heavy (non-hydrogen) atoms. The summed E-state index contributed by atoms with van der Waals surface area (Å²) in [7, 11) is 9.87. The van der Waals surface area contributed by atoms with Crippen LogP contribution in [0.2, 0.25) is 0 Å². The van der Waals surface area contributed by atoms with E-state index in [0.717, 1.165) is 22.8 Å². The van der Waals surface area contributed by atoms with Crippen molar-refractivity contribution >= 4 is 28.4 Å². The zero-order chi connectivity index (χ0) is 21.2. The molecule has 3 aromatic rings. The van der Waals surface area contributed by atoms with E-state index in [9.17, 15) is 0 Å². The molecule has 6 heteroatoms. The number of hydrogen-bond donors (Lipinski definition) is 0. The first-order valence-electron chi connectivity index (χ1n) is 9.32. The Labute approximate surface area is 192 Å². The second-order valence-electron chi connectivity index (χ2n) is 7.02. The number of aryl methyl sites for hydroxylation is 4. The molecule has 0 fully saturated rings. The molecule has 0 spiro atoms. The molecular weight excluding hydrogens is 480 g/mol. The summed E-state index contributed by atoms with van der Waals surface area (Å²) >= 11 is -0.826. The fourth-order valence-corrected chi connectivity index (χ4v) is 3.13. The molecule has 1 heterocycles. The van der Waals surface area contributed by atoms with Crippen LogP contribution in [0.15, 0.2) is 54.6 Å². The Balaban J connectivity index is 0.000000941. The Morgan fingerprint density at radius 2 is 1.03 bits per heavy atom. The van der Waals surface area contributed by atoms with Gasteiger partial charge in [0.05, 0.1) is 0 Å².